The van der Waals surface area contributed by atoms with Crippen molar-refractivity contribution in [3.8, 4) is 0 Å². The summed E-state index contributed by atoms with van der Waals surface area (Å²) in [5, 5.41) is 10.7. The van der Waals surface area contributed by atoms with E-state index in [9.17, 15) is 4.79 Å². The van der Waals surface area contributed by atoms with E-state index in [0.717, 1.165) is 38.6 Å². The van der Waals surface area contributed by atoms with Crippen LogP contribution in [0, 0.1) is 5.41 Å². The summed E-state index contributed by atoms with van der Waals surface area (Å²) < 4.78 is 1.77. The fourth-order valence-corrected chi connectivity index (χ4v) is 2.73. The zero-order valence-corrected chi connectivity index (χ0v) is 11.3. The molecule has 1 aromatic rings. The summed E-state index contributed by atoms with van der Waals surface area (Å²) in [7, 11) is 0. The van der Waals surface area contributed by atoms with Gasteiger partial charge in [0.05, 0.1) is 11.6 Å². The van der Waals surface area contributed by atoms with Gasteiger partial charge in [-0.15, -0.1) is 5.10 Å². The van der Waals surface area contributed by atoms with Crippen molar-refractivity contribution in [2.45, 2.75) is 45.1 Å². The molecule has 1 heterocycles. The summed E-state index contributed by atoms with van der Waals surface area (Å²) in [6, 6.07) is 0. The van der Waals surface area contributed by atoms with Crippen molar-refractivity contribution in [1.82, 2.24) is 20.3 Å². The number of rotatable bonds is 6. The van der Waals surface area contributed by atoms with Crippen molar-refractivity contribution >= 4 is 5.91 Å². The van der Waals surface area contributed by atoms with Gasteiger partial charge in [-0.05, 0) is 19.3 Å². The van der Waals surface area contributed by atoms with Crippen LogP contribution in [0.1, 0.15) is 38.5 Å². The summed E-state index contributed by atoms with van der Waals surface area (Å²) in [6.07, 6.45) is 9.65. The molecule has 19 heavy (non-hydrogen) atoms. The van der Waals surface area contributed by atoms with E-state index < -0.39 is 0 Å². The number of nitrogens with zero attached hydrogens (tertiary/aromatic N) is 3. The van der Waals surface area contributed by atoms with Crippen LogP contribution in [0.3, 0.4) is 0 Å². The molecule has 1 aromatic heterocycles. The highest BCUT2D eigenvalue weighted by molar-refractivity contribution is 5.82. The zero-order valence-electron chi connectivity index (χ0n) is 11.3. The molecule has 1 aliphatic carbocycles. The van der Waals surface area contributed by atoms with Crippen LogP contribution in [0.5, 0.6) is 0 Å². The fraction of sp³-hybridized carbons (Fsp3) is 0.769. The molecular formula is C13H23N5O. The van der Waals surface area contributed by atoms with Crippen LogP contribution >= 0.6 is 0 Å². The highest BCUT2D eigenvalue weighted by Gasteiger charge is 2.37. The Morgan fingerprint density at radius 2 is 2.16 bits per heavy atom. The van der Waals surface area contributed by atoms with Gasteiger partial charge in [-0.2, -0.15) is 0 Å². The number of nitrogens with two attached hydrogens (primary N) is 1. The summed E-state index contributed by atoms with van der Waals surface area (Å²) in [5.41, 5.74) is 5.52. The van der Waals surface area contributed by atoms with Gasteiger partial charge in [0.25, 0.3) is 0 Å². The summed E-state index contributed by atoms with van der Waals surface area (Å²) in [4.78, 5) is 12.3. The average Bonchev–Trinajstić information content (AvgIpc) is 2.97. The molecule has 0 radical (unpaired) electrons. The molecule has 3 N–H and O–H groups in total. The van der Waals surface area contributed by atoms with Gasteiger partial charge >= 0.3 is 0 Å². The Labute approximate surface area is 113 Å². The zero-order chi connectivity index (χ0) is 13.6. The van der Waals surface area contributed by atoms with E-state index in [1.807, 2.05) is 6.20 Å². The van der Waals surface area contributed by atoms with Crippen molar-refractivity contribution in [2.75, 3.05) is 13.1 Å². The quantitative estimate of drug-likeness (QED) is 0.741. The van der Waals surface area contributed by atoms with Gasteiger partial charge in [0.1, 0.15) is 0 Å². The highest BCUT2D eigenvalue weighted by atomic mass is 16.2. The number of carbonyl (C=O) groups excluding carboxylic acids is 1. The van der Waals surface area contributed by atoms with Crippen LogP contribution in [0.4, 0.5) is 0 Å². The predicted octanol–water partition coefficient (Wildman–Crippen LogP) is 0.694. The van der Waals surface area contributed by atoms with Crippen LogP contribution in [0.15, 0.2) is 12.4 Å². The minimum atomic E-state index is -0.314. The van der Waals surface area contributed by atoms with E-state index in [1.54, 1.807) is 10.9 Å². The van der Waals surface area contributed by atoms with Gasteiger partial charge < -0.3 is 11.1 Å². The molecule has 0 bridgehead atoms. The summed E-state index contributed by atoms with van der Waals surface area (Å²) in [6.45, 7) is 1.90. The van der Waals surface area contributed by atoms with Crippen molar-refractivity contribution in [1.29, 1.82) is 0 Å². The number of hydrogen-bond acceptors (Lipinski definition) is 4. The number of carbonyl (C=O) groups is 1. The van der Waals surface area contributed by atoms with E-state index in [-0.39, 0.29) is 11.3 Å². The van der Waals surface area contributed by atoms with E-state index >= 15 is 0 Å². The number of amides is 1. The molecule has 0 unspecified atom stereocenters. The number of hydrogen-bond donors (Lipinski definition) is 2. The molecule has 1 saturated carbocycles. The molecule has 6 nitrogen and oxygen atoms in total. The van der Waals surface area contributed by atoms with E-state index in [0.29, 0.717) is 13.1 Å². The Morgan fingerprint density at radius 1 is 1.37 bits per heavy atom. The molecular weight excluding hydrogens is 242 g/mol. The predicted molar refractivity (Wildman–Crippen MR) is 72.2 cm³/mol. The lowest BCUT2D eigenvalue weighted by atomic mass is 9.73. The van der Waals surface area contributed by atoms with Gasteiger partial charge in [0, 0.05) is 25.8 Å². The van der Waals surface area contributed by atoms with Gasteiger partial charge in [-0.1, -0.05) is 24.5 Å². The minimum absolute atomic E-state index is 0.133. The molecule has 0 aliphatic heterocycles. The monoisotopic (exact) mass is 265 g/mol. The van der Waals surface area contributed by atoms with Crippen molar-refractivity contribution in [2.24, 2.45) is 11.1 Å². The Hall–Kier alpha value is -1.43. The van der Waals surface area contributed by atoms with E-state index in [2.05, 4.69) is 15.6 Å². The second-order valence-corrected chi connectivity index (χ2v) is 5.32. The third kappa shape index (κ3) is 3.53. The van der Waals surface area contributed by atoms with Crippen LogP contribution in [0.25, 0.3) is 0 Å². The lowest BCUT2D eigenvalue weighted by molar-refractivity contribution is -0.132. The second kappa shape index (κ2) is 6.65. The Bertz CT molecular complexity index is 384. The standard InChI is InChI=1S/C13H23N5O/c14-11-13(5-2-1-3-6-13)12(19)15-7-4-9-18-10-8-16-17-18/h8,10H,1-7,9,11,14H2,(H,15,19). The van der Waals surface area contributed by atoms with Gasteiger partial charge in [0.2, 0.25) is 5.91 Å². The molecule has 1 fully saturated rings. The molecule has 0 saturated heterocycles. The van der Waals surface area contributed by atoms with Crippen LogP contribution in [-0.4, -0.2) is 34.0 Å². The maximum atomic E-state index is 12.3. The van der Waals surface area contributed by atoms with Crippen LogP contribution in [0.2, 0.25) is 0 Å². The number of aromatic nitrogens is 3. The van der Waals surface area contributed by atoms with Crippen molar-refractivity contribution in [3.05, 3.63) is 12.4 Å². The number of nitrogens with one attached hydrogen (secondary N) is 1. The number of aryl methyl sites for hydroxylation is 1. The van der Waals surface area contributed by atoms with Gasteiger partial charge in [-0.25, -0.2) is 0 Å². The first kappa shape index (κ1) is 14.0. The Morgan fingerprint density at radius 3 is 2.79 bits per heavy atom. The smallest absolute Gasteiger partial charge is 0.227 e. The van der Waals surface area contributed by atoms with E-state index in [4.69, 9.17) is 5.73 Å². The maximum Gasteiger partial charge on any atom is 0.227 e. The van der Waals surface area contributed by atoms with Crippen LogP contribution < -0.4 is 11.1 Å². The molecule has 0 atom stereocenters. The first-order valence-electron chi connectivity index (χ1n) is 7.09. The SMILES string of the molecule is NCC1(C(=O)NCCCn2ccnn2)CCCCC1. The molecule has 6 heteroatoms. The lowest BCUT2D eigenvalue weighted by Crippen LogP contribution is -2.47. The summed E-state index contributed by atoms with van der Waals surface area (Å²) in [5.74, 6) is 0.133. The molecule has 2 rings (SSSR count). The molecule has 0 spiro atoms. The highest BCUT2D eigenvalue weighted by Crippen LogP contribution is 2.35. The molecule has 0 aromatic carbocycles. The third-order valence-electron chi connectivity index (χ3n) is 4.00. The Kier molecular flexibility index (Phi) is 4.90. The second-order valence-electron chi connectivity index (χ2n) is 5.32. The Balaban J connectivity index is 1.73. The largest absolute Gasteiger partial charge is 0.356 e. The van der Waals surface area contributed by atoms with E-state index in [1.165, 1.54) is 6.42 Å². The van der Waals surface area contributed by atoms with Crippen LogP contribution in [-0.2, 0) is 11.3 Å². The fourth-order valence-electron chi connectivity index (χ4n) is 2.73. The molecule has 1 amide bonds. The van der Waals surface area contributed by atoms with Crippen molar-refractivity contribution < 1.29 is 4.79 Å². The van der Waals surface area contributed by atoms with Gasteiger partial charge in [-0.3, -0.25) is 9.48 Å². The first-order valence-corrected chi connectivity index (χ1v) is 7.09. The first-order chi connectivity index (χ1) is 9.27. The molecule has 1 aliphatic rings. The topological polar surface area (TPSA) is 85.8 Å². The minimum Gasteiger partial charge on any atom is -0.356 e. The lowest BCUT2D eigenvalue weighted by Gasteiger charge is -2.34. The van der Waals surface area contributed by atoms with Gasteiger partial charge in [0.15, 0.2) is 0 Å². The van der Waals surface area contributed by atoms with Crippen molar-refractivity contribution in [3.63, 3.8) is 0 Å². The maximum absolute atomic E-state index is 12.3. The average molecular weight is 265 g/mol. The summed E-state index contributed by atoms with van der Waals surface area (Å²) >= 11 is 0. The third-order valence-corrected chi connectivity index (χ3v) is 4.00. The normalized spacial score (nSPS) is 18.2. The molecule has 106 valence electrons.